The van der Waals surface area contributed by atoms with Crippen molar-refractivity contribution < 1.29 is 5.11 Å². The van der Waals surface area contributed by atoms with E-state index in [1.165, 1.54) is 49.3 Å². The number of aliphatic hydroxyl groups is 1. The van der Waals surface area contributed by atoms with E-state index in [0.717, 1.165) is 24.9 Å². The second kappa shape index (κ2) is 5.54. The fourth-order valence-corrected chi connectivity index (χ4v) is 4.83. The summed E-state index contributed by atoms with van der Waals surface area (Å²) in [7, 11) is 0. The minimum Gasteiger partial charge on any atom is -0.393 e. The highest BCUT2D eigenvalue weighted by molar-refractivity contribution is 5.51. The Morgan fingerprint density at radius 3 is 2.27 bits per heavy atom. The first-order valence-electron chi connectivity index (χ1n) is 8.85. The number of aryl methyl sites for hydroxylation is 2. The minimum atomic E-state index is -0.00893. The van der Waals surface area contributed by atoms with Gasteiger partial charge in [0.15, 0.2) is 0 Å². The summed E-state index contributed by atoms with van der Waals surface area (Å²) in [6.45, 7) is 9.09. The summed E-state index contributed by atoms with van der Waals surface area (Å²) in [5, 5.41) is 9.84. The summed E-state index contributed by atoms with van der Waals surface area (Å²) in [6.07, 6.45) is 3.57. The van der Waals surface area contributed by atoms with E-state index in [4.69, 9.17) is 0 Å². The van der Waals surface area contributed by atoms with Gasteiger partial charge in [-0.1, -0.05) is 6.07 Å². The van der Waals surface area contributed by atoms with Crippen molar-refractivity contribution in [3.8, 4) is 0 Å². The van der Waals surface area contributed by atoms with Gasteiger partial charge in [-0.05, 0) is 62.3 Å². The molecule has 3 atom stereocenters. The minimum absolute atomic E-state index is 0.00893. The van der Waals surface area contributed by atoms with Gasteiger partial charge in [-0.3, -0.25) is 4.90 Å². The first-order valence-corrected chi connectivity index (χ1v) is 8.85. The van der Waals surface area contributed by atoms with Crippen LogP contribution in [0.1, 0.15) is 30.4 Å². The smallest absolute Gasteiger partial charge is 0.0587 e. The molecule has 0 radical (unpaired) electrons. The van der Waals surface area contributed by atoms with Crippen LogP contribution in [0.15, 0.2) is 18.2 Å². The molecular weight excluding hydrogens is 272 g/mol. The number of anilines is 1. The van der Waals surface area contributed by atoms with Gasteiger partial charge in [-0.2, -0.15) is 0 Å². The van der Waals surface area contributed by atoms with Crippen LogP contribution in [0.3, 0.4) is 0 Å². The Hall–Kier alpha value is -1.06. The van der Waals surface area contributed by atoms with Crippen LogP contribution in [0.2, 0.25) is 0 Å². The molecule has 1 N–H and O–H groups in total. The highest BCUT2D eigenvalue weighted by Crippen LogP contribution is 2.42. The molecule has 1 aromatic rings. The lowest BCUT2D eigenvalue weighted by atomic mass is 9.74. The van der Waals surface area contributed by atoms with E-state index in [9.17, 15) is 5.11 Å². The van der Waals surface area contributed by atoms with E-state index < -0.39 is 0 Å². The maximum absolute atomic E-state index is 9.84. The highest BCUT2D eigenvalue weighted by atomic mass is 16.3. The van der Waals surface area contributed by atoms with Crippen LogP contribution in [0, 0.1) is 25.7 Å². The number of nitrogens with zero attached hydrogens (tertiary/aromatic N) is 2. The van der Waals surface area contributed by atoms with Crippen LogP contribution in [0.5, 0.6) is 0 Å². The molecule has 0 aromatic heterocycles. The molecule has 0 unspecified atom stereocenters. The van der Waals surface area contributed by atoms with Crippen LogP contribution < -0.4 is 4.90 Å². The number of rotatable bonds is 2. The zero-order valence-corrected chi connectivity index (χ0v) is 13.8. The Kier molecular flexibility index (Phi) is 3.66. The van der Waals surface area contributed by atoms with Crippen molar-refractivity contribution in [2.45, 2.75) is 45.3 Å². The third-order valence-corrected chi connectivity index (χ3v) is 6.11. The number of fused-ring (bicyclic) bond motifs is 1. The Balaban J connectivity index is 1.36. The van der Waals surface area contributed by atoms with Gasteiger partial charge < -0.3 is 10.0 Å². The number of likely N-dealkylation sites (tertiary alicyclic amines) is 1. The molecule has 0 amide bonds. The largest absolute Gasteiger partial charge is 0.393 e. The van der Waals surface area contributed by atoms with Crippen molar-refractivity contribution in [3.05, 3.63) is 29.3 Å². The molecule has 22 heavy (non-hydrogen) atoms. The lowest BCUT2D eigenvalue weighted by Crippen LogP contribution is -2.44. The van der Waals surface area contributed by atoms with E-state index in [1.54, 1.807) is 0 Å². The first-order chi connectivity index (χ1) is 10.6. The van der Waals surface area contributed by atoms with Crippen LogP contribution in [0.25, 0.3) is 0 Å². The molecule has 2 aliphatic heterocycles. The molecule has 4 rings (SSSR count). The predicted molar refractivity (Wildman–Crippen MR) is 90.3 cm³/mol. The van der Waals surface area contributed by atoms with Crippen LogP contribution in [-0.2, 0) is 0 Å². The molecule has 0 spiro atoms. The monoisotopic (exact) mass is 300 g/mol. The number of hydrogen-bond donors (Lipinski definition) is 1. The van der Waals surface area contributed by atoms with Gasteiger partial charge in [0.05, 0.1) is 6.10 Å². The summed E-state index contributed by atoms with van der Waals surface area (Å²) in [5.41, 5.74) is 4.12. The van der Waals surface area contributed by atoms with Crippen molar-refractivity contribution in [3.63, 3.8) is 0 Å². The third-order valence-electron chi connectivity index (χ3n) is 6.11. The van der Waals surface area contributed by atoms with E-state index in [0.29, 0.717) is 5.92 Å². The van der Waals surface area contributed by atoms with Crippen molar-refractivity contribution in [2.75, 3.05) is 31.1 Å². The quantitative estimate of drug-likeness (QED) is 0.909. The molecule has 0 bridgehead atoms. The average molecular weight is 300 g/mol. The summed E-state index contributed by atoms with van der Waals surface area (Å²) in [6, 6.07) is 7.63. The fraction of sp³-hybridized carbons (Fsp3) is 0.684. The van der Waals surface area contributed by atoms with Gasteiger partial charge in [0.1, 0.15) is 0 Å². The molecule has 2 saturated heterocycles. The van der Waals surface area contributed by atoms with Crippen molar-refractivity contribution in [2.24, 2.45) is 11.8 Å². The normalized spacial score (nSPS) is 32.9. The van der Waals surface area contributed by atoms with Crippen molar-refractivity contribution in [1.29, 1.82) is 0 Å². The predicted octanol–water partition coefficient (Wildman–Crippen LogP) is 2.58. The van der Waals surface area contributed by atoms with Gasteiger partial charge in [-0.15, -0.1) is 0 Å². The maximum atomic E-state index is 9.84. The average Bonchev–Trinajstić information content (AvgIpc) is 2.84. The molecule has 120 valence electrons. The van der Waals surface area contributed by atoms with Crippen LogP contribution in [-0.4, -0.2) is 48.3 Å². The topological polar surface area (TPSA) is 26.7 Å². The van der Waals surface area contributed by atoms with Gasteiger partial charge in [0.25, 0.3) is 0 Å². The van der Waals surface area contributed by atoms with Crippen molar-refractivity contribution >= 4 is 5.69 Å². The molecule has 3 aliphatic rings. The summed E-state index contributed by atoms with van der Waals surface area (Å²) in [4.78, 5) is 5.22. The van der Waals surface area contributed by atoms with Gasteiger partial charge >= 0.3 is 0 Å². The van der Waals surface area contributed by atoms with E-state index in [1.807, 2.05) is 0 Å². The van der Waals surface area contributed by atoms with E-state index >= 15 is 0 Å². The zero-order valence-electron chi connectivity index (χ0n) is 13.8. The fourth-order valence-electron chi connectivity index (χ4n) is 4.83. The SMILES string of the molecule is Cc1cc(C)cc(N2CCC(N3C[C@H]4C[C@@H](O)[C@H]4C3)CC2)c1. The van der Waals surface area contributed by atoms with Gasteiger partial charge in [0, 0.05) is 43.8 Å². The number of piperidine rings is 1. The second-order valence-corrected chi connectivity index (χ2v) is 7.75. The molecular formula is C19H28N2O. The number of hydrogen-bond acceptors (Lipinski definition) is 3. The number of benzene rings is 1. The van der Waals surface area contributed by atoms with Gasteiger partial charge in [-0.25, -0.2) is 0 Å². The van der Waals surface area contributed by atoms with E-state index in [-0.39, 0.29) is 6.10 Å². The van der Waals surface area contributed by atoms with Crippen LogP contribution >= 0.6 is 0 Å². The van der Waals surface area contributed by atoms with Crippen molar-refractivity contribution in [1.82, 2.24) is 4.90 Å². The molecule has 3 nitrogen and oxygen atoms in total. The molecule has 1 aliphatic carbocycles. The Morgan fingerprint density at radius 2 is 1.68 bits per heavy atom. The zero-order chi connectivity index (χ0) is 15.3. The molecule has 2 heterocycles. The molecule has 3 fully saturated rings. The maximum Gasteiger partial charge on any atom is 0.0587 e. The summed E-state index contributed by atoms with van der Waals surface area (Å²) >= 11 is 0. The lowest BCUT2D eigenvalue weighted by molar-refractivity contribution is -0.00448. The second-order valence-electron chi connectivity index (χ2n) is 7.75. The lowest BCUT2D eigenvalue weighted by Gasteiger charge is -2.38. The molecule has 1 saturated carbocycles. The third kappa shape index (κ3) is 2.55. The van der Waals surface area contributed by atoms with Crippen LogP contribution in [0.4, 0.5) is 5.69 Å². The Morgan fingerprint density at radius 1 is 1.00 bits per heavy atom. The summed E-state index contributed by atoms with van der Waals surface area (Å²) in [5.74, 6) is 1.37. The van der Waals surface area contributed by atoms with Gasteiger partial charge in [0.2, 0.25) is 0 Å². The first kappa shape index (κ1) is 14.5. The standard InChI is InChI=1S/C19H28N2O/c1-13-7-14(2)9-17(8-13)20-5-3-16(4-6-20)21-11-15-10-19(22)18(15)12-21/h7-9,15-16,18-19,22H,3-6,10-12H2,1-2H3/t15-,18+,19-/m1/s1. The van der Waals surface area contributed by atoms with E-state index in [2.05, 4.69) is 41.8 Å². The molecule has 1 aromatic carbocycles. The summed E-state index contributed by atoms with van der Waals surface area (Å²) < 4.78 is 0. The Bertz CT molecular complexity index is 530. The Labute approximate surface area is 133 Å². The molecule has 3 heteroatoms. The highest BCUT2D eigenvalue weighted by Gasteiger charge is 2.47. The number of aliphatic hydroxyl groups excluding tert-OH is 1.